The van der Waals surface area contributed by atoms with Gasteiger partial charge < -0.3 is 9.88 Å². The molecule has 1 aliphatic rings. The van der Waals surface area contributed by atoms with E-state index in [2.05, 4.69) is 20.9 Å². The Labute approximate surface area is 119 Å². The molecule has 1 amide bonds. The molecule has 3 rings (SSSR count). The molecule has 0 aliphatic heterocycles. The van der Waals surface area contributed by atoms with Crippen molar-refractivity contribution < 1.29 is 4.79 Å². The Balaban J connectivity index is 1.62. The van der Waals surface area contributed by atoms with E-state index in [-0.39, 0.29) is 11.8 Å². The number of aromatic nitrogens is 2. The van der Waals surface area contributed by atoms with Gasteiger partial charge in [-0.05, 0) is 31.9 Å². The molecule has 0 bridgehead atoms. The topological polar surface area (TPSA) is 46.9 Å². The molecule has 1 N–H and O–H groups in total. The molecular formula is C16H21N3O. The first kappa shape index (κ1) is 13.2. The average Bonchev–Trinajstić information content (AvgIpc) is 3.07. The van der Waals surface area contributed by atoms with Crippen LogP contribution in [-0.2, 0) is 11.3 Å². The predicted molar refractivity (Wildman–Crippen MR) is 79.4 cm³/mol. The lowest BCUT2D eigenvalue weighted by Crippen LogP contribution is -2.32. The zero-order valence-electron chi connectivity index (χ0n) is 11.9. The van der Waals surface area contributed by atoms with Crippen LogP contribution in [-0.4, -0.2) is 22.0 Å². The highest BCUT2D eigenvalue weighted by Crippen LogP contribution is 2.24. The molecule has 1 aromatic carbocycles. The van der Waals surface area contributed by atoms with E-state index >= 15 is 0 Å². The molecule has 0 atom stereocenters. The van der Waals surface area contributed by atoms with Crippen molar-refractivity contribution in [2.75, 3.05) is 6.54 Å². The maximum absolute atomic E-state index is 12.0. The predicted octanol–water partition coefficient (Wildman–Crippen LogP) is 2.65. The standard InChI is InChI=1S/C16H21N3O/c1-12-18-14-8-4-5-9-15(14)19(12)11-10-17-16(20)13-6-2-3-7-13/h4-5,8-9,13H,2-3,6-7,10-11H2,1H3,(H,17,20). The molecule has 0 unspecified atom stereocenters. The number of fused-ring (bicyclic) bond motifs is 1. The highest BCUT2D eigenvalue weighted by molar-refractivity contribution is 5.79. The summed E-state index contributed by atoms with van der Waals surface area (Å²) in [4.78, 5) is 16.5. The lowest BCUT2D eigenvalue weighted by atomic mass is 10.1. The number of hydrogen-bond donors (Lipinski definition) is 1. The fourth-order valence-corrected chi connectivity index (χ4v) is 3.10. The Kier molecular flexibility index (Phi) is 3.72. The van der Waals surface area contributed by atoms with Crippen LogP contribution in [0.1, 0.15) is 31.5 Å². The smallest absolute Gasteiger partial charge is 0.223 e. The first-order valence-electron chi connectivity index (χ1n) is 7.45. The summed E-state index contributed by atoms with van der Waals surface area (Å²) in [6.45, 7) is 3.47. The van der Waals surface area contributed by atoms with Crippen molar-refractivity contribution in [2.24, 2.45) is 5.92 Å². The molecule has 0 saturated heterocycles. The van der Waals surface area contributed by atoms with Crippen molar-refractivity contribution in [1.82, 2.24) is 14.9 Å². The van der Waals surface area contributed by atoms with E-state index in [9.17, 15) is 4.79 Å². The molecule has 2 aromatic rings. The van der Waals surface area contributed by atoms with Gasteiger partial charge in [0, 0.05) is 19.0 Å². The van der Waals surface area contributed by atoms with Crippen molar-refractivity contribution in [3.05, 3.63) is 30.1 Å². The van der Waals surface area contributed by atoms with Crippen molar-refractivity contribution in [3.63, 3.8) is 0 Å². The van der Waals surface area contributed by atoms with E-state index in [1.807, 2.05) is 25.1 Å². The third-order valence-electron chi connectivity index (χ3n) is 4.21. The van der Waals surface area contributed by atoms with Gasteiger partial charge in [-0.1, -0.05) is 25.0 Å². The Morgan fingerprint density at radius 1 is 1.35 bits per heavy atom. The van der Waals surface area contributed by atoms with Crippen LogP contribution < -0.4 is 5.32 Å². The minimum Gasteiger partial charge on any atom is -0.354 e. The van der Waals surface area contributed by atoms with E-state index in [0.717, 1.165) is 36.2 Å². The van der Waals surface area contributed by atoms with E-state index in [4.69, 9.17) is 0 Å². The third-order valence-corrected chi connectivity index (χ3v) is 4.21. The van der Waals surface area contributed by atoms with Crippen LogP contribution in [0, 0.1) is 12.8 Å². The van der Waals surface area contributed by atoms with Gasteiger partial charge in [0.2, 0.25) is 5.91 Å². The zero-order valence-corrected chi connectivity index (χ0v) is 11.9. The summed E-state index contributed by atoms with van der Waals surface area (Å²) in [6.07, 6.45) is 4.50. The second kappa shape index (κ2) is 5.65. The fourth-order valence-electron chi connectivity index (χ4n) is 3.10. The van der Waals surface area contributed by atoms with Gasteiger partial charge in [-0.3, -0.25) is 4.79 Å². The minimum absolute atomic E-state index is 0.226. The summed E-state index contributed by atoms with van der Waals surface area (Å²) in [7, 11) is 0. The summed E-state index contributed by atoms with van der Waals surface area (Å²) < 4.78 is 2.17. The molecule has 1 aliphatic carbocycles. The second-order valence-corrected chi connectivity index (χ2v) is 5.57. The molecule has 1 heterocycles. The number of hydrogen-bond acceptors (Lipinski definition) is 2. The molecule has 1 fully saturated rings. The van der Waals surface area contributed by atoms with Gasteiger partial charge in [-0.25, -0.2) is 4.98 Å². The van der Waals surface area contributed by atoms with Crippen molar-refractivity contribution in [3.8, 4) is 0 Å². The molecule has 0 spiro atoms. The van der Waals surface area contributed by atoms with E-state index in [0.29, 0.717) is 6.54 Å². The lowest BCUT2D eigenvalue weighted by Gasteiger charge is -2.11. The number of benzene rings is 1. The number of imidazole rings is 1. The van der Waals surface area contributed by atoms with Crippen LogP contribution >= 0.6 is 0 Å². The molecule has 4 nitrogen and oxygen atoms in total. The summed E-state index contributed by atoms with van der Waals surface area (Å²) in [5.41, 5.74) is 2.16. The Morgan fingerprint density at radius 3 is 2.90 bits per heavy atom. The van der Waals surface area contributed by atoms with Gasteiger partial charge in [0.1, 0.15) is 5.82 Å². The maximum Gasteiger partial charge on any atom is 0.223 e. The molecule has 0 radical (unpaired) electrons. The number of nitrogens with zero attached hydrogens (tertiary/aromatic N) is 2. The summed E-state index contributed by atoms with van der Waals surface area (Å²) in [6, 6.07) is 8.13. The number of rotatable bonds is 4. The quantitative estimate of drug-likeness (QED) is 0.929. The average molecular weight is 271 g/mol. The second-order valence-electron chi connectivity index (χ2n) is 5.57. The van der Waals surface area contributed by atoms with Gasteiger partial charge in [-0.2, -0.15) is 0 Å². The van der Waals surface area contributed by atoms with Crippen molar-refractivity contribution in [1.29, 1.82) is 0 Å². The van der Waals surface area contributed by atoms with Crippen molar-refractivity contribution >= 4 is 16.9 Å². The monoisotopic (exact) mass is 271 g/mol. The van der Waals surface area contributed by atoms with E-state index < -0.39 is 0 Å². The summed E-state index contributed by atoms with van der Waals surface area (Å²) in [5.74, 6) is 1.47. The van der Waals surface area contributed by atoms with Crippen LogP contribution in [0.15, 0.2) is 24.3 Å². The van der Waals surface area contributed by atoms with Crippen LogP contribution in [0.5, 0.6) is 0 Å². The molecule has 106 valence electrons. The third kappa shape index (κ3) is 2.55. The highest BCUT2D eigenvalue weighted by atomic mass is 16.1. The van der Waals surface area contributed by atoms with Crippen LogP contribution in [0.2, 0.25) is 0 Å². The molecular weight excluding hydrogens is 250 g/mol. The molecule has 1 aromatic heterocycles. The van der Waals surface area contributed by atoms with Crippen LogP contribution in [0.4, 0.5) is 0 Å². The number of nitrogens with one attached hydrogen (secondary N) is 1. The normalized spacial score (nSPS) is 15.8. The molecule has 20 heavy (non-hydrogen) atoms. The first-order chi connectivity index (χ1) is 9.75. The Morgan fingerprint density at radius 2 is 2.10 bits per heavy atom. The fraction of sp³-hybridized carbons (Fsp3) is 0.500. The van der Waals surface area contributed by atoms with Crippen LogP contribution in [0.25, 0.3) is 11.0 Å². The molecule has 1 saturated carbocycles. The summed E-state index contributed by atoms with van der Waals surface area (Å²) in [5, 5.41) is 3.07. The maximum atomic E-state index is 12.0. The van der Waals surface area contributed by atoms with Gasteiger partial charge in [0.25, 0.3) is 0 Å². The van der Waals surface area contributed by atoms with Gasteiger partial charge in [0.15, 0.2) is 0 Å². The minimum atomic E-state index is 0.226. The number of carbonyl (C=O) groups excluding carboxylic acids is 1. The van der Waals surface area contributed by atoms with Gasteiger partial charge in [0.05, 0.1) is 11.0 Å². The first-order valence-corrected chi connectivity index (χ1v) is 7.45. The number of amides is 1. The van der Waals surface area contributed by atoms with Gasteiger partial charge in [-0.15, -0.1) is 0 Å². The number of para-hydroxylation sites is 2. The van der Waals surface area contributed by atoms with Crippen molar-refractivity contribution in [2.45, 2.75) is 39.2 Å². The lowest BCUT2D eigenvalue weighted by molar-refractivity contribution is -0.124. The SMILES string of the molecule is Cc1nc2ccccc2n1CCNC(=O)C1CCCC1. The Bertz CT molecular complexity index is 611. The number of carbonyl (C=O) groups is 1. The zero-order chi connectivity index (χ0) is 13.9. The van der Waals surface area contributed by atoms with Crippen LogP contribution in [0.3, 0.4) is 0 Å². The summed E-state index contributed by atoms with van der Waals surface area (Å²) >= 11 is 0. The largest absolute Gasteiger partial charge is 0.354 e. The Hall–Kier alpha value is -1.84. The number of aryl methyl sites for hydroxylation is 1. The van der Waals surface area contributed by atoms with Gasteiger partial charge >= 0.3 is 0 Å². The molecule has 4 heteroatoms. The van der Waals surface area contributed by atoms with E-state index in [1.165, 1.54) is 12.8 Å². The van der Waals surface area contributed by atoms with E-state index in [1.54, 1.807) is 0 Å². The highest BCUT2D eigenvalue weighted by Gasteiger charge is 2.22.